The van der Waals surface area contributed by atoms with Crippen LogP contribution in [0, 0.1) is 6.92 Å². The molecule has 1 amide bonds. The molecule has 9 heteroatoms. The Hall–Kier alpha value is -3.52. The lowest BCUT2D eigenvalue weighted by atomic mass is 10.1. The molecule has 0 radical (unpaired) electrons. The third-order valence-corrected chi connectivity index (χ3v) is 4.60. The average Bonchev–Trinajstić information content (AvgIpc) is 3.09. The van der Waals surface area contributed by atoms with E-state index in [2.05, 4.69) is 20.6 Å². The third kappa shape index (κ3) is 4.17. The molecule has 2 aromatic carbocycles. The van der Waals surface area contributed by atoms with Gasteiger partial charge >= 0.3 is 0 Å². The predicted molar refractivity (Wildman–Crippen MR) is 110 cm³/mol. The Kier molecular flexibility index (Phi) is 5.09. The van der Waals surface area contributed by atoms with Gasteiger partial charge in [0.05, 0.1) is 6.54 Å². The largest absolute Gasteiger partial charge is 0.324 e. The second-order valence-electron chi connectivity index (χ2n) is 6.64. The minimum absolute atomic E-state index is 0.121. The van der Waals surface area contributed by atoms with Crippen LogP contribution in [0.3, 0.4) is 0 Å². The van der Waals surface area contributed by atoms with Crippen molar-refractivity contribution in [1.82, 2.24) is 24.5 Å². The molecule has 8 nitrogen and oxygen atoms in total. The number of fused-ring (bicyclic) bond motifs is 1. The van der Waals surface area contributed by atoms with Gasteiger partial charge in [-0.05, 0) is 30.7 Å². The second kappa shape index (κ2) is 7.84. The molecule has 1 N–H and O–H groups in total. The number of amides is 1. The number of rotatable bonds is 5. The van der Waals surface area contributed by atoms with Crippen LogP contribution in [0.15, 0.2) is 59.7 Å². The van der Waals surface area contributed by atoms with Crippen LogP contribution in [0.4, 0.5) is 5.69 Å². The van der Waals surface area contributed by atoms with Crippen LogP contribution in [0.2, 0.25) is 5.02 Å². The molecule has 0 spiro atoms. The molecule has 0 fully saturated rings. The number of benzene rings is 2. The standard InChI is InChI=1S/C20H17ClN6O2/c1-13-5-7-14(8-6-13)10-27-19-18(24-25-27)20(29)26(12-22-19)11-17(28)23-16-4-2-3-15(21)9-16/h2-9,12H,10-11H2,1H3,(H,23,28). The lowest BCUT2D eigenvalue weighted by Crippen LogP contribution is -2.28. The summed E-state index contributed by atoms with van der Waals surface area (Å²) in [4.78, 5) is 29.2. The fourth-order valence-electron chi connectivity index (χ4n) is 2.89. The van der Waals surface area contributed by atoms with E-state index in [1.54, 1.807) is 28.9 Å². The van der Waals surface area contributed by atoms with E-state index >= 15 is 0 Å². The quantitative estimate of drug-likeness (QED) is 0.547. The van der Waals surface area contributed by atoms with Crippen LogP contribution in [0.25, 0.3) is 11.2 Å². The van der Waals surface area contributed by atoms with Gasteiger partial charge in [-0.1, -0.05) is 52.7 Å². The number of hydrogen-bond donors (Lipinski definition) is 1. The van der Waals surface area contributed by atoms with Gasteiger partial charge in [0.15, 0.2) is 11.2 Å². The first-order valence-corrected chi connectivity index (χ1v) is 9.27. The predicted octanol–water partition coefficient (Wildman–Crippen LogP) is 2.64. The van der Waals surface area contributed by atoms with Crippen LogP contribution in [0.1, 0.15) is 11.1 Å². The molecule has 0 bridgehead atoms. The SMILES string of the molecule is Cc1ccc(Cn2nnc3c(=O)n(CC(=O)Nc4cccc(Cl)c4)cnc32)cc1. The van der Waals surface area contributed by atoms with Gasteiger partial charge in [0.1, 0.15) is 12.9 Å². The van der Waals surface area contributed by atoms with E-state index < -0.39 is 5.56 Å². The van der Waals surface area contributed by atoms with Crippen molar-refractivity contribution >= 4 is 34.4 Å². The number of nitrogens with zero attached hydrogens (tertiary/aromatic N) is 5. The summed E-state index contributed by atoms with van der Waals surface area (Å²) in [5.74, 6) is -0.373. The van der Waals surface area contributed by atoms with Crippen molar-refractivity contribution in [3.63, 3.8) is 0 Å². The van der Waals surface area contributed by atoms with Crippen LogP contribution in [-0.2, 0) is 17.9 Å². The Morgan fingerprint density at radius 3 is 2.72 bits per heavy atom. The zero-order chi connectivity index (χ0) is 20.4. The Balaban J connectivity index is 1.54. The monoisotopic (exact) mass is 408 g/mol. The first-order valence-electron chi connectivity index (χ1n) is 8.89. The van der Waals surface area contributed by atoms with E-state index in [4.69, 9.17) is 11.6 Å². The summed E-state index contributed by atoms with van der Waals surface area (Å²) in [6, 6.07) is 14.8. The van der Waals surface area contributed by atoms with E-state index in [1.165, 1.54) is 10.9 Å². The fraction of sp³-hybridized carbons (Fsp3) is 0.150. The first kappa shape index (κ1) is 18.8. The average molecular weight is 409 g/mol. The molecule has 0 aliphatic carbocycles. The van der Waals surface area contributed by atoms with Crippen molar-refractivity contribution in [3.8, 4) is 0 Å². The van der Waals surface area contributed by atoms with Crippen molar-refractivity contribution < 1.29 is 4.79 Å². The third-order valence-electron chi connectivity index (χ3n) is 4.37. The van der Waals surface area contributed by atoms with Crippen LogP contribution >= 0.6 is 11.6 Å². The van der Waals surface area contributed by atoms with Gasteiger partial charge in [-0.2, -0.15) is 0 Å². The molecule has 0 saturated carbocycles. The van der Waals surface area contributed by atoms with E-state index in [-0.39, 0.29) is 18.0 Å². The summed E-state index contributed by atoms with van der Waals surface area (Å²) in [5, 5.41) is 11.2. The van der Waals surface area contributed by atoms with Gasteiger partial charge < -0.3 is 5.32 Å². The van der Waals surface area contributed by atoms with Crippen LogP contribution in [0.5, 0.6) is 0 Å². The lowest BCUT2D eigenvalue weighted by molar-refractivity contribution is -0.116. The Labute approximate surface area is 170 Å². The molecule has 0 unspecified atom stereocenters. The molecule has 4 rings (SSSR count). The molecular formula is C20H17ClN6O2. The summed E-state index contributed by atoms with van der Waals surface area (Å²) >= 11 is 5.91. The van der Waals surface area contributed by atoms with E-state index in [0.29, 0.717) is 22.9 Å². The van der Waals surface area contributed by atoms with Crippen LogP contribution < -0.4 is 10.9 Å². The minimum Gasteiger partial charge on any atom is -0.324 e. The summed E-state index contributed by atoms with van der Waals surface area (Å²) in [7, 11) is 0. The van der Waals surface area contributed by atoms with E-state index in [1.807, 2.05) is 31.2 Å². The molecule has 29 heavy (non-hydrogen) atoms. The van der Waals surface area contributed by atoms with Crippen LogP contribution in [-0.4, -0.2) is 30.5 Å². The summed E-state index contributed by atoms with van der Waals surface area (Å²) in [6.45, 7) is 2.27. The van der Waals surface area contributed by atoms with Crippen molar-refractivity contribution in [2.75, 3.05) is 5.32 Å². The maximum atomic E-state index is 12.7. The highest BCUT2D eigenvalue weighted by Gasteiger charge is 2.14. The minimum atomic E-state index is -0.425. The topological polar surface area (TPSA) is 94.7 Å². The molecular weight excluding hydrogens is 392 g/mol. The van der Waals surface area contributed by atoms with Gasteiger partial charge in [0.25, 0.3) is 5.56 Å². The number of carbonyl (C=O) groups is 1. The van der Waals surface area contributed by atoms with Gasteiger partial charge in [0.2, 0.25) is 5.91 Å². The number of halogens is 1. The summed E-state index contributed by atoms with van der Waals surface area (Å²) < 4.78 is 2.77. The summed E-state index contributed by atoms with van der Waals surface area (Å²) in [5.41, 5.74) is 2.81. The number of nitrogens with one attached hydrogen (secondary N) is 1. The van der Waals surface area contributed by atoms with Crippen molar-refractivity contribution in [2.45, 2.75) is 20.0 Å². The van der Waals surface area contributed by atoms with Gasteiger partial charge in [-0.3, -0.25) is 14.2 Å². The smallest absolute Gasteiger partial charge is 0.283 e. The molecule has 0 saturated heterocycles. The summed E-state index contributed by atoms with van der Waals surface area (Å²) in [6.07, 6.45) is 1.33. The lowest BCUT2D eigenvalue weighted by Gasteiger charge is -2.07. The van der Waals surface area contributed by atoms with Crippen molar-refractivity contribution in [3.05, 3.63) is 81.4 Å². The highest BCUT2D eigenvalue weighted by molar-refractivity contribution is 6.30. The Morgan fingerprint density at radius 1 is 1.17 bits per heavy atom. The van der Waals surface area contributed by atoms with Gasteiger partial charge in [-0.15, -0.1) is 5.10 Å². The van der Waals surface area contributed by atoms with E-state index in [0.717, 1.165) is 11.1 Å². The van der Waals surface area contributed by atoms with Crippen molar-refractivity contribution in [2.24, 2.45) is 0 Å². The normalized spacial score (nSPS) is 11.0. The second-order valence-corrected chi connectivity index (χ2v) is 7.08. The number of aryl methyl sites for hydroxylation is 1. The zero-order valence-electron chi connectivity index (χ0n) is 15.5. The maximum Gasteiger partial charge on any atom is 0.283 e. The van der Waals surface area contributed by atoms with E-state index in [9.17, 15) is 9.59 Å². The van der Waals surface area contributed by atoms with Gasteiger partial charge in [-0.25, -0.2) is 9.67 Å². The molecule has 0 atom stereocenters. The highest BCUT2D eigenvalue weighted by atomic mass is 35.5. The number of aromatic nitrogens is 5. The number of carbonyl (C=O) groups excluding carboxylic acids is 1. The number of hydrogen-bond acceptors (Lipinski definition) is 5. The molecule has 0 aliphatic heterocycles. The molecule has 146 valence electrons. The number of anilines is 1. The Bertz CT molecular complexity index is 1250. The molecule has 2 aromatic heterocycles. The zero-order valence-corrected chi connectivity index (χ0v) is 16.3. The Morgan fingerprint density at radius 2 is 1.97 bits per heavy atom. The first-order chi connectivity index (χ1) is 14.0. The molecule has 2 heterocycles. The molecule has 4 aromatic rings. The highest BCUT2D eigenvalue weighted by Crippen LogP contribution is 2.15. The van der Waals surface area contributed by atoms with Crippen molar-refractivity contribution in [1.29, 1.82) is 0 Å². The maximum absolute atomic E-state index is 12.7. The molecule has 0 aliphatic rings. The fourth-order valence-corrected chi connectivity index (χ4v) is 3.08. The van der Waals surface area contributed by atoms with Gasteiger partial charge in [0, 0.05) is 10.7 Å².